The molecule has 0 spiro atoms. The van der Waals surface area contributed by atoms with Gasteiger partial charge in [0.2, 0.25) is 23.8 Å². The van der Waals surface area contributed by atoms with E-state index in [0.717, 1.165) is 47.8 Å². The Hall–Kier alpha value is -10.1. The van der Waals surface area contributed by atoms with Crippen LogP contribution in [0.2, 0.25) is 0 Å². The van der Waals surface area contributed by atoms with Gasteiger partial charge in [-0.05, 0) is 36.2 Å². The minimum atomic E-state index is -2.34. The summed E-state index contributed by atoms with van der Waals surface area (Å²) in [6.45, 7) is 1.86. The number of fused-ring (bicyclic) bond motifs is 2. The number of benzene rings is 3. The van der Waals surface area contributed by atoms with Crippen molar-refractivity contribution in [2.75, 3.05) is 89.5 Å². The fraction of sp³-hybridized carbons (Fsp3) is 0.442. The molecular weight excluding hydrogens is 1130 g/mol. The molecule has 33 heteroatoms. The van der Waals surface area contributed by atoms with Gasteiger partial charge in [-0.15, -0.1) is 0 Å². The number of hydrogen-bond donors (Lipinski definition) is 12. The lowest BCUT2D eigenvalue weighted by molar-refractivity contribution is -0.158. The molecule has 33 nitrogen and oxygen atoms in total. The monoisotopic (exact) mass is 1200 g/mol. The van der Waals surface area contributed by atoms with E-state index in [-0.39, 0.29) is 22.4 Å². The standard InChI is InChI=1S/C52H70N12O21/c1-24-16-14-15-17-27(24)32-28-20-18-25(63(12)43(84-51(75)61-10)39(82-49(73)59-8)37(80-47(71)57-6)35(78-45(69)55-4)33(65)41(67)53-2)22-30(28)77-31-23-26(19-21-29(31)32)64(13)44(85-52(76)62-11)40(83-50(74)60-9)38(81-48(72)58-7)36(79-46(70)56-5)34(66)42(68)54-3/h14-23,33-40,43-44,65-66H,1-13H3,(H9-,53,54,55,56,57,58,59,60,61,62,67,68,69,70,71,72,73,74,75,76)/p+1. The van der Waals surface area contributed by atoms with Crippen molar-refractivity contribution in [3.05, 3.63) is 71.6 Å². The summed E-state index contributed by atoms with van der Waals surface area (Å²) in [7, 11) is 14.3. The molecule has 2 aliphatic rings. The SMILES string of the molecule is CNC(=O)OC(C(O)C(=O)NC)C(OC(=O)NC)C(OC(=O)NC)C(OC(=O)NC)N(C)c1ccc2c(-c3ccccc3C)c3ccc(=[N+](C)C(OC(=O)NC)C(OC(=O)NC)C(OC(=O)NC)C(OC(=O)NC)C(O)C(=O)NC)cc-3oc2c1. The molecule has 0 bridgehead atoms. The van der Waals surface area contributed by atoms with E-state index in [1.54, 1.807) is 30.3 Å². The number of anilines is 1. The van der Waals surface area contributed by atoms with Crippen molar-refractivity contribution in [1.29, 1.82) is 0 Å². The van der Waals surface area contributed by atoms with E-state index in [9.17, 15) is 58.2 Å². The zero-order valence-corrected chi connectivity index (χ0v) is 48.6. The van der Waals surface area contributed by atoms with E-state index in [2.05, 4.69) is 53.2 Å². The first-order chi connectivity index (χ1) is 40.4. The fourth-order valence-electron chi connectivity index (χ4n) is 8.34. The smallest absolute Gasteiger partial charge is 0.412 e. The lowest BCUT2D eigenvalue weighted by atomic mass is 9.91. The largest absolute Gasteiger partial charge is 0.456 e. The maximum Gasteiger partial charge on any atom is 0.412 e. The number of likely N-dealkylation sites (N-methyl/N-ethyl adjacent to an activating group) is 4. The number of rotatable bonds is 22. The van der Waals surface area contributed by atoms with E-state index in [1.807, 2.05) is 25.1 Å². The van der Waals surface area contributed by atoms with Crippen molar-refractivity contribution < 1.29 is 100 Å². The Morgan fingerprint density at radius 1 is 0.471 bits per heavy atom. The molecule has 0 aromatic heterocycles. The van der Waals surface area contributed by atoms with Gasteiger partial charge < -0.3 is 111 Å². The van der Waals surface area contributed by atoms with Gasteiger partial charge >= 0.3 is 55.0 Å². The Morgan fingerprint density at radius 2 is 0.882 bits per heavy atom. The zero-order chi connectivity index (χ0) is 63.4. The quantitative estimate of drug-likeness (QED) is 0.0200. The molecule has 0 fully saturated rings. The number of nitrogens with one attached hydrogen (secondary N) is 10. The van der Waals surface area contributed by atoms with Gasteiger partial charge in [0.05, 0.1) is 6.07 Å². The second kappa shape index (κ2) is 31.4. The number of aliphatic hydroxyl groups is 2. The molecule has 12 N–H and O–H groups in total. The third-order valence-electron chi connectivity index (χ3n) is 12.7. The van der Waals surface area contributed by atoms with Crippen LogP contribution >= 0.6 is 0 Å². The molecule has 10 atom stereocenters. The number of hydrogen-bond acceptors (Lipinski definition) is 22. The maximum atomic E-state index is 13.4. The first-order valence-electron chi connectivity index (χ1n) is 25.6. The van der Waals surface area contributed by atoms with Gasteiger partial charge in [0.1, 0.15) is 18.4 Å². The van der Waals surface area contributed by atoms with Crippen molar-refractivity contribution in [3.63, 3.8) is 0 Å². The van der Waals surface area contributed by atoms with E-state index in [0.29, 0.717) is 22.1 Å². The second-order valence-corrected chi connectivity index (χ2v) is 17.8. The predicted molar refractivity (Wildman–Crippen MR) is 297 cm³/mol. The lowest BCUT2D eigenvalue weighted by Crippen LogP contribution is -2.62. The fourth-order valence-corrected chi connectivity index (χ4v) is 8.34. The number of aliphatic hydroxyl groups excluding tert-OH is 2. The van der Waals surface area contributed by atoms with Gasteiger partial charge in [-0.25, -0.2) is 38.4 Å². The second-order valence-electron chi connectivity index (χ2n) is 17.8. The highest BCUT2D eigenvalue weighted by atomic mass is 16.7. The van der Waals surface area contributed by atoms with E-state index in [1.165, 1.54) is 63.9 Å². The summed E-state index contributed by atoms with van der Waals surface area (Å²) in [4.78, 5) is 133. The number of aryl methyl sites for hydroxylation is 1. The van der Waals surface area contributed by atoms with Crippen LogP contribution in [0.1, 0.15) is 5.56 Å². The van der Waals surface area contributed by atoms with E-state index < -0.39 is 122 Å². The highest BCUT2D eigenvalue weighted by Crippen LogP contribution is 2.42. The van der Waals surface area contributed by atoms with Crippen molar-refractivity contribution in [1.82, 2.24) is 57.7 Å². The van der Waals surface area contributed by atoms with Crippen molar-refractivity contribution in [2.45, 2.75) is 68.2 Å². The molecule has 85 heavy (non-hydrogen) atoms. The molecule has 4 rings (SSSR count). The van der Waals surface area contributed by atoms with Crippen LogP contribution in [0.3, 0.4) is 0 Å². The summed E-state index contributed by atoms with van der Waals surface area (Å²) in [5.74, 6) is -2.20. The van der Waals surface area contributed by atoms with Gasteiger partial charge in [0, 0.05) is 112 Å². The van der Waals surface area contributed by atoms with Crippen LogP contribution in [0.4, 0.5) is 44.0 Å². The summed E-state index contributed by atoms with van der Waals surface area (Å²) in [6, 6.07) is 16.7. The van der Waals surface area contributed by atoms with Gasteiger partial charge in [-0.2, -0.15) is 4.58 Å². The molecule has 0 saturated heterocycles. The molecule has 10 unspecified atom stereocenters. The Labute approximate surface area is 486 Å². The normalized spacial score (nSPS) is 14.7. The number of nitrogens with zero attached hydrogens (tertiary/aromatic N) is 2. The van der Waals surface area contributed by atoms with Crippen molar-refractivity contribution in [3.8, 4) is 22.5 Å². The van der Waals surface area contributed by atoms with E-state index >= 15 is 0 Å². The average molecular weight is 1200 g/mol. The number of amides is 10. The highest BCUT2D eigenvalue weighted by Gasteiger charge is 2.53. The number of carbonyl (C=O) groups is 10. The van der Waals surface area contributed by atoms with Crippen molar-refractivity contribution >= 4 is 77.2 Å². The van der Waals surface area contributed by atoms with Gasteiger partial charge in [0.15, 0.2) is 36.6 Å². The summed E-state index contributed by atoms with van der Waals surface area (Å²) in [5.41, 5.74) is 2.76. The summed E-state index contributed by atoms with van der Waals surface area (Å²) in [5, 5.41) is 45.5. The topological polar surface area (TPSA) is 425 Å². The van der Waals surface area contributed by atoms with Crippen LogP contribution in [0.5, 0.6) is 0 Å². The highest BCUT2D eigenvalue weighted by molar-refractivity contribution is 6.03. The summed E-state index contributed by atoms with van der Waals surface area (Å²) in [6.07, 6.45) is -31.3. The maximum absolute atomic E-state index is 13.4. The molecule has 2 aromatic rings. The average Bonchev–Trinajstić information content (AvgIpc) is 1.22. The van der Waals surface area contributed by atoms with Crippen LogP contribution in [0, 0.1) is 6.92 Å². The Kier molecular flexibility index (Phi) is 24.9. The van der Waals surface area contributed by atoms with Crippen molar-refractivity contribution in [2.24, 2.45) is 0 Å². The Morgan fingerprint density at radius 3 is 1.34 bits per heavy atom. The number of alkyl carbamates (subject to hydrolysis) is 8. The lowest BCUT2D eigenvalue weighted by Gasteiger charge is -2.40. The van der Waals surface area contributed by atoms with Crippen LogP contribution in [-0.4, -0.2) is 217 Å². The summed E-state index contributed by atoms with van der Waals surface area (Å²) < 4.78 is 53.2. The number of ether oxygens (including phenoxy) is 8. The minimum absolute atomic E-state index is 0.0989. The number of carbonyl (C=O) groups excluding carboxylic acids is 10. The van der Waals surface area contributed by atoms with Gasteiger partial charge in [0.25, 0.3) is 11.8 Å². The molecule has 1 aliphatic heterocycles. The molecule has 2 aromatic carbocycles. The predicted octanol–water partition coefficient (Wildman–Crippen LogP) is -0.723. The minimum Gasteiger partial charge on any atom is -0.456 e. The van der Waals surface area contributed by atoms with E-state index in [4.69, 9.17) is 42.3 Å². The first kappa shape index (κ1) is 67.5. The third kappa shape index (κ3) is 16.8. The van der Waals surface area contributed by atoms with Crippen LogP contribution in [0.25, 0.3) is 33.4 Å². The summed E-state index contributed by atoms with van der Waals surface area (Å²) >= 11 is 0. The molecule has 0 saturated carbocycles. The molecular formula is C52H71N12O21+. The van der Waals surface area contributed by atoms with Crippen LogP contribution in [-0.2, 0) is 47.5 Å². The Bertz CT molecular complexity index is 3110. The first-order valence-corrected chi connectivity index (χ1v) is 25.6. The molecule has 464 valence electrons. The van der Waals surface area contributed by atoms with Gasteiger partial charge in [-0.3, -0.25) is 9.59 Å². The third-order valence-corrected chi connectivity index (χ3v) is 12.7. The van der Waals surface area contributed by atoms with Gasteiger partial charge in [-0.1, -0.05) is 24.3 Å². The molecule has 0 radical (unpaired) electrons. The molecule has 1 aliphatic carbocycles. The Balaban J connectivity index is 2.20. The molecule has 10 amide bonds. The van der Waals surface area contributed by atoms with Crippen LogP contribution < -0.4 is 68.0 Å². The molecule has 1 heterocycles. The van der Waals surface area contributed by atoms with Crippen LogP contribution in [0.15, 0.2) is 65.1 Å². The zero-order valence-electron chi connectivity index (χ0n) is 48.6.